The number of benzene rings is 1. The number of nitrogens with one attached hydrogen (secondary N) is 1. The van der Waals surface area contributed by atoms with Crippen LogP contribution in [0.2, 0.25) is 0 Å². The van der Waals surface area contributed by atoms with Gasteiger partial charge in [0.2, 0.25) is 5.95 Å². The van der Waals surface area contributed by atoms with E-state index >= 15 is 0 Å². The Kier molecular flexibility index (Phi) is 5.61. The molecule has 0 fully saturated rings. The third-order valence-electron chi connectivity index (χ3n) is 3.81. The second-order valence-corrected chi connectivity index (χ2v) is 7.01. The Balaban J connectivity index is 2.41. The summed E-state index contributed by atoms with van der Waals surface area (Å²) in [6.45, 7) is 6.71. The predicted molar refractivity (Wildman–Crippen MR) is 92.4 cm³/mol. The number of hydrogen-bond acceptors (Lipinski definition) is 4. The number of aromatic nitrogens is 1. The molecular formula is C19H22F2N2O3. The average Bonchev–Trinajstić information content (AvgIpc) is 2.53. The van der Waals surface area contributed by atoms with E-state index < -0.39 is 35.1 Å². The van der Waals surface area contributed by atoms with Gasteiger partial charge in [-0.15, -0.1) is 0 Å². The monoisotopic (exact) mass is 364 g/mol. The summed E-state index contributed by atoms with van der Waals surface area (Å²) in [5.74, 6) is -1.18. The minimum atomic E-state index is -1.77. The van der Waals surface area contributed by atoms with Crippen molar-refractivity contribution in [2.75, 3.05) is 0 Å². The summed E-state index contributed by atoms with van der Waals surface area (Å²) in [4.78, 5) is 15.7. The van der Waals surface area contributed by atoms with Crippen LogP contribution in [0.4, 0.5) is 13.6 Å². The zero-order valence-corrected chi connectivity index (χ0v) is 15.1. The van der Waals surface area contributed by atoms with Crippen molar-refractivity contribution >= 4 is 6.09 Å². The minimum Gasteiger partial charge on any atom is -0.444 e. The molecule has 2 aromatic rings. The predicted octanol–water partition coefficient (Wildman–Crippen LogP) is 3.51. The third-order valence-corrected chi connectivity index (χ3v) is 3.81. The van der Waals surface area contributed by atoms with Crippen molar-refractivity contribution < 1.29 is 23.4 Å². The number of aliphatic hydroxyl groups is 1. The number of ether oxygens (including phenoxy) is 1. The smallest absolute Gasteiger partial charge is 0.407 e. The van der Waals surface area contributed by atoms with Crippen molar-refractivity contribution in [3.05, 3.63) is 65.5 Å². The van der Waals surface area contributed by atoms with E-state index in [1.165, 1.54) is 36.5 Å². The first-order valence-corrected chi connectivity index (χ1v) is 8.12. The van der Waals surface area contributed by atoms with Crippen molar-refractivity contribution in [2.45, 2.75) is 44.9 Å². The van der Waals surface area contributed by atoms with E-state index in [0.717, 1.165) is 6.07 Å². The largest absolute Gasteiger partial charge is 0.444 e. The van der Waals surface area contributed by atoms with E-state index in [-0.39, 0.29) is 5.56 Å². The van der Waals surface area contributed by atoms with Crippen LogP contribution in [0.15, 0.2) is 42.6 Å². The van der Waals surface area contributed by atoms with Crippen LogP contribution < -0.4 is 5.32 Å². The number of pyridine rings is 1. The van der Waals surface area contributed by atoms with Gasteiger partial charge in [-0.25, -0.2) is 14.2 Å². The van der Waals surface area contributed by atoms with Crippen molar-refractivity contribution in [3.8, 4) is 0 Å². The second-order valence-electron chi connectivity index (χ2n) is 7.01. The fraction of sp³-hybridized carbons (Fsp3) is 0.368. The van der Waals surface area contributed by atoms with Gasteiger partial charge in [0.25, 0.3) is 0 Å². The summed E-state index contributed by atoms with van der Waals surface area (Å²) in [5.41, 5.74) is -1.93. The molecular weight excluding hydrogens is 342 g/mol. The number of carbonyl (C=O) groups is 1. The molecule has 1 aromatic carbocycles. The summed E-state index contributed by atoms with van der Waals surface area (Å²) in [7, 11) is 0. The van der Waals surface area contributed by atoms with Gasteiger partial charge in [-0.05, 0) is 57.5 Å². The number of nitrogens with zero attached hydrogens (tertiary/aromatic N) is 1. The molecule has 0 saturated carbocycles. The van der Waals surface area contributed by atoms with Crippen LogP contribution in [-0.4, -0.2) is 27.8 Å². The number of amides is 1. The molecule has 1 amide bonds. The number of halogens is 2. The van der Waals surface area contributed by atoms with Gasteiger partial charge < -0.3 is 15.2 Å². The number of hydrogen-bond donors (Lipinski definition) is 2. The highest BCUT2D eigenvalue weighted by atomic mass is 19.1. The molecule has 26 heavy (non-hydrogen) atoms. The van der Waals surface area contributed by atoms with Gasteiger partial charge in [-0.2, -0.15) is 4.39 Å². The van der Waals surface area contributed by atoms with Crippen molar-refractivity contribution in [2.24, 2.45) is 0 Å². The van der Waals surface area contributed by atoms with Gasteiger partial charge in [-0.1, -0.05) is 12.1 Å². The van der Waals surface area contributed by atoms with E-state index in [1.54, 1.807) is 27.7 Å². The second kappa shape index (κ2) is 7.37. The number of alkyl carbamates (subject to hydrolysis) is 1. The Morgan fingerprint density at radius 3 is 2.19 bits per heavy atom. The number of carbonyl (C=O) groups excluding carboxylic acids is 1. The zero-order valence-electron chi connectivity index (χ0n) is 15.1. The van der Waals surface area contributed by atoms with E-state index in [4.69, 9.17) is 4.74 Å². The molecule has 1 heterocycles. The van der Waals surface area contributed by atoms with Crippen molar-refractivity contribution in [3.63, 3.8) is 0 Å². The zero-order chi connectivity index (χ0) is 19.5. The first-order valence-electron chi connectivity index (χ1n) is 8.12. The fourth-order valence-electron chi connectivity index (χ4n) is 2.56. The molecule has 0 spiro atoms. The van der Waals surface area contributed by atoms with E-state index in [1.807, 2.05) is 0 Å². The Bertz CT molecular complexity index is 710. The summed E-state index contributed by atoms with van der Waals surface area (Å²) >= 11 is 0. The Labute approximate surface area is 151 Å². The maximum Gasteiger partial charge on any atom is 0.407 e. The van der Waals surface area contributed by atoms with Gasteiger partial charge in [-0.3, -0.25) is 0 Å². The molecule has 0 aliphatic heterocycles. The number of rotatable bonds is 4. The fourth-order valence-corrected chi connectivity index (χ4v) is 2.56. The van der Waals surface area contributed by atoms with Crippen molar-refractivity contribution in [1.82, 2.24) is 10.3 Å². The molecule has 2 N–H and O–H groups in total. The summed E-state index contributed by atoms with van der Waals surface area (Å²) in [6, 6.07) is 6.76. The quantitative estimate of drug-likeness (QED) is 0.815. The van der Waals surface area contributed by atoms with Gasteiger partial charge in [0.15, 0.2) is 0 Å². The summed E-state index contributed by atoms with van der Waals surface area (Å²) in [5, 5.41) is 14.0. The van der Waals surface area contributed by atoms with Crippen LogP contribution in [0.3, 0.4) is 0 Å². The van der Waals surface area contributed by atoms with Crippen LogP contribution in [-0.2, 0) is 10.3 Å². The molecule has 0 aliphatic rings. The summed E-state index contributed by atoms with van der Waals surface area (Å²) < 4.78 is 31.7. The molecule has 0 bridgehead atoms. The molecule has 0 radical (unpaired) electrons. The third kappa shape index (κ3) is 4.54. The molecule has 2 atom stereocenters. The maximum atomic E-state index is 13.3. The average molecular weight is 364 g/mol. The Morgan fingerprint density at radius 2 is 1.69 bits per heavy atom. The lowest BCUT2D eigenvalue weighted by Gasteiger charge is -2.35. The Hall–Kier alpha value is -2.54. The highest BCUT2D eigenvalue weighted by Crippen LogP contribution is 2.33. The molecule has 0 saturated heterocycles. The molecule has 0 aliphatic carbocycles. The lowest BCUT2D eigenvalue weighted by atomic mass is 9.81. The van der Waals surface area contributed by atoms with Gasteiger partial charge in [0.05, 0.1) is 6.04 Å². The van der Waals surface area contributed by atoms with Crippen LogP contribution in [0.1, 0.15) is 38.8 Å². The van der Waals surface area contributed by atoms with E-state index in [2.05, 4.69) is 10.3 Å². The van der Waals surface area contributed by atoms with Crippen LogP contribution >= 0.6 is 0 Å². The van der Waals surface area contributed by atoms with Gasteiger partial charge in [0, 0.05) is 11.8 Å². The molecule has 1 aromatic heterocycles. The van der Waals surface area contributed by atoms with Gasteiger partial charge in [0.1, 0.15) is 17.0 Å². The SMILES string of the molecule is C[C@H](NC(=O)OC(C)(C)C)[C@@](O)(c1ccc(F)cc1)c1ccc(F)nc1. The molecule has 5 nitrogen and oxygen atoms in total. The van der Waals surface area contributed by atoms with Crippen LogP contribution in [0.5, 0.6) is 0 Å². The van der Waals surface area contributed by atoms with Gasteiger partial charge >= 0.3 is 6.09 Å². The van der Waals surface area contributed by atoms with E-state index in [0.29, 0.717) is 5.56 Å². The first-order chi connectivity index (χ1) is 12.0. The van der Waals surface area contributed by atoms with Crippen molar-refractivity contribution in [1.29, 1.82) is 0 Å². The first kappa shape index (κ1) is 19.8. The van der Waals surface area contributed by atoms with E-state index in [9.17, 15) is 18.7 Å². The summed E-state index contributed by atoms with van der Waals surface area (Å²) in [6.07, 6.45) is 0.451. The standard InChI is InChI=1S/C19H22F2N2O3/c1-12(23-17(24)26-18(2,3)4)19(25,13-5-8-15(20)9-6-13)14-7-10-16(21)22-11-14/h5-12,25H,1-4H3,(H,23,24)/t12-,19+/m0/s1. The molecule has 7 heteroatoms. The topological polar surface area (TPSA) is 71.5 Å². The van der Waals surface area contributed by atoms with Crippen LogP contribution in [0, 0.1) is 11.8 Å². The van der Waals surface area contributed by atoms with Crippen LogP contribution in [0.25, 0.3) is 0 Å². The minimum absolute atomic E-state index is 0.245. The Morgan fingerprint density at radius 1 is 1.12 bits per heavy atom. The molecule has 2 rings (SSSR count). The normalized spacial score (nSPS) is 15.0. The lowest BCUT2D eigenvalue weighted by Crippen LogP contribution is -2.50. The highest BCUT2D eigenvalue weighted by Gasteiger charge is 2.39. The molecule has 0 unspecified atom stereocenters. The highest BCUT2D eigenvalue weighted by molar-refractivity contribution is 5.68. The molecule has 140 valence electrons. The lowest BCUT2D eigenvalue weighted by molar-refractivity contribution is 0.0207. The maximum absolute atomic E-state index is 13.3.